The predicted octanol–water partition coefficient (Wildman–Crippen LogP) is 3.69. The highest BCUT2D eigenvalue weighted by Crippen LogP contribution is 2.26. The van der Waals surface area contributed by atoms with E-state index in [4.69, 9.17) is 9.47 Å². The topological polar surface area (TPSA) is 42.0 Å². The van der Waals surface area contributed by atoms with E-state index in [0.29, 0.717) is 11.7 Å². The van der Waals surface area contributed by atoms with Crippen LogP contribution in [0.5, 0.6) is 11.5 Å². The number of carbonyl (C=O) groups excluding carboxylic acids is 1. The molecule has 0 heterocycles. The van der Waals surface area contributed by atoms with Crippen LogP contribution in [0.25, 0.3) is 6.08 Å². The molecule has 0 bridgehead atoms. The largest absolute Gasteiger partial charge is 0.497 e. The highest BCUT2D eigenvalue weighted by Gasteiger charge is 2.19. The molecule has 27 heavy (non-hydrogen) atoms. The molecule has 0 aliphatic heterocycles. The molecule has 1 amide bonds. The molecule has 0 unspecified atom stereocenters. The summed E-state index contributed by atoms with van der Waals surface area (Å²) < 4.78 is 10.6. The fourth-order valence-corrected chi connectivity index (χ4v) is 3.52. The van der Waals surface area contributed by atoms with Crippen LogP contribution < -0.4 is 9.47 Å². The Hall–Kier alpha value is -2.01. The molecule has 0 radical (unpaired) electrons. The zero-order valence-corrected chi connectivity index (χ0v) is 17.2. The molecule has 1 aliphatic carbocycles. The Balaban J connectivity index is 2.07. The Morgan fingerprint density at radius 1 is 1.11 bits per heavy atom. The number of likely N-dealkylation sites (N-methyl/N-ethyl adjacent to an activating group) is 1. The molecule has 0 aromatic heterocycles. The average Bonchev–Trinajstić information content (AvgIpc) is 2.69. The van der Waals surface area contributed by atoms with E-state index in [1.165, 1.54) is 32.1 Å². The Kier molecular flexibility index (Phi) is 8.65. The number of amides is 1. The van der Waals surface area contributed by atoms with Crippen molar-refractivity contribution in [3.8, 4) is 11.5 Å². The molecule has 1 aromatic rings. The Bertz CT molecular complexity index is 622. The van der Waals surface area contributed by atoms with Crippen molar-refractivity contribution in [1.82, 2.24) is 9.80 Å². The van der Waals surface area contributed by atoms with Gasteiger partial charge in [0.1, 0.15) is 11.5 Å². The van der Waals surface area contributed by atoms with Crippen molar-refractivity contribution in [3.05, 3.63) is 29.8 Å². The smallest absolute Gasteiger partial charge is 0.246 e. The molecule has 0 saturated heterocycles. The minimum Gasteiger partial charge on any atom is -0.497 e. The lowest BCUT2D eigenvalue weighted by Crippen LogP contribution is -2.39. The van der Waals surface area contributed by atoms with Crippen molar-refractivity contribution in [2.75, 3.05) is 47.9 Å². The van der Waals surface area contributed by atoms with Crippen LogP contribution in [0.15, 0.2) is 24.3 Å². The zero-order valence-electron chi connectivity index (χ0n) is 17.2. The quantitative estimate of drug-likeness (QED) is 0.618. The molecule has 5 nitrogen and oxygen atoms in total. The van der Waals surface area contributed by atoms with Gasteiger partial charge in [-0.25, -0.2) is 0 Å². The minimum absolute atomic E-state index is 0.0697. The number of nitrogens with zero attached hydrogens (tertiary/aromatic N) is 2. The second kappa shape index (κ2) is 11.0. The standard InChI is InChI=1S/C22H34N2O3/c1-23(2)14-15-24(17-18-8-6-5-7-9-18)22(25)13-11-19-10-12-20(26-3)16-21(19)27-4/h10-13,16,18H,5-9,14-15,17H2,1-4H3. The van der Waals surface area contributed by atoms with Crippen LogP contribution >= 0.6 is 0 Å². The number of hydrogen-bond donors (Lipinski definition) is 0. The van der Waals surface area contributed by atoms with Crippen molar-refractivity contribution in [1.29, 1.82) is 0 Å². The first-order valence-corrected chi connectivity index (χ1v) is 9.87. The number of rotatable bonds is 9. The molecule has 0 spiro atoms. The van der Waals surface area contributed by atoms with E-state index in [1.807, 2.05) is 43.3 Å². The first kappa shape index (κ1) is 21.3. The Morgan fingerprint density at radius 2 is 1.85 bits per heavy atom. The summed E-state index contributed by atoms with van der Waals surface area (Å²) in [7, 11) is 7.34. The molecular formula is C22H34N2O3. The van der Waals surface area contributed by atoms with Crippen molar-refractivity contribution < 1.29 is 14.3 Å². The van der Waals surface area contributed by atoms with E-state index in [2.05, 4.69) is 4.90 Å². The van der Waals surface area contributed by atoms with Crippen LogP contribution in [0.1, 0.15) is 37.7 Å². The summed E-state index contributed by atoms with van der Waals surface area (Å²) in [5.41, 5.74) is 0.872. The summed E-state index contributed by atoms with van der Waals surface area (Å²) in [5.74, 6) is 2.14. The van der Waals surface area contributed by atoms with Gasteiger partial charge in [-0.15, -0.1) is 0 Å². The maximum Gasteiger partial charge on any atom is 0.246 e. The van der Waals surface area contributed by atoms with Crippen LogP contribution in [-0.4, -0.2) is 63.7 Å². The average molecular weight is 375 g/mol. The van der Waals surface area contributed by atoms with E-state index in [9.17, 15) is 4.79 Å². The molecule has 5 heteroatoms. The highest BCUT2D eigenvalue weighted by molar-refractivity contribution is 5.92. The van der Waals surface area contributed by atoms with Crippen LogP contribution in [0.3, 0.4) is 0 Å². The Labute approximate surface area is 163 Å². The van der Waals surface area contributed by atoms with Gasteiger partial charge in [0.05, 0.1) is 14.2 Å². The van der Waals surface area contributed by atoms with E-state index < -0.39 is 0 Å². The monoisotopic (exact) mass is 374 g/mol. The molecule has 1 aliphatic rings. The van der Waals surface area contributed by atoms with Gasteiger partial charge in [-0.1, -0.05) is 19.3 Å². The second-order valence-electron chi connectivity index (χ2n) is 7.53. The molecule has 0 N–H and O–H groups in total. The first-order valence-electron chi connectivity index (χ1n) is 9.87. The third-order valence-corrected chi connectivity index (χ3v) is 5.18. The van der Waals surface area contributed by atoms with Gasteiger partial charge in [-0.2, -0.15) is 0 Å². The van der Waals surface area contributed by atoms with E-state index in [1.54, 1.807) is 20.3 Å². The summed E-state index contributed by atoms with van der Waals surface area (Å²) in [4.78, 5) is 17.0. The van der Waals surface area contributed by atoms with Crippen LogP contribution in [0, 0.1) is 5.92 Å². The minimum atomic E-state index is 0.0697. The summed E-state index contributed by atoms with van der Waals surface area (Å²) >= 11 is 0. The summed E-state index contributed by atoms with van der Waals surface area (Å²) in [6, 6.07) is 5.61. The molecule has 1 fully saturated rings. The lowest BCUT2D eigenvalue weighted by atomic mass is 9.89. The summed E-state index contributed by atoms with van der Waals surface area (Å²) in [6.07, 6.45) is 9.90. The van der Waals surface area contributed by atoms with E-state index in [-0.39, 0.29) is 5.91 Å². The number of benzene rings is 1. The number of ether oxygens (including phenoxy) is 2. The normalized spacial score (nSPS) is 15.3. The molecule has 150 valence electrons. The van der Waals surface area contributed by atoms with Crippen molar-refractivity contribution in [2.24, 2.45) is 5.92 Å². The van der Waals surface area contributed by atoms with Crippen LogP contribution in [0.2, 0.25) is 0 Å². The lowest BCUT2D eigenvalue weighted by molar-refractivity contribution is -0.126. The number of methoxy groups -OCH3 is 2. The molecular weight excluding hydrogens is 340 g/mol. The molecule has 1 saturated carbocycles. The first-order chi connectivity index (χ1) is 13.0. The van der Waals surface area contributed by atoms with Crippen molar-refractivity contribution in [2.45, 2.75) is 32.1 Å². The number of carbonyl (C=O) groups is 1. The van der Waals surface area contributed by atoms with Gasteiger partial charge < -0.3 is 19.3 Å². The molecule has 2 rings (SSSR count). The fourth-order valence-electron chi connectivity index (χ4n) is 3.52. The second-order valence-corrected chi connectivity index (χ2v) is 7.53. The van der Waals surface area contributed by atoms with E-state index >= 15 is 0 Å². The fraction of sp³-hybridized carbons (Fsp3) is 0.591. The van der Waals surface area contributed by atoms with Gasteiger partial charge in [-0.05, 0) is 51.1 Å². The van der Waals surface area contributed by atoms with Crippen molar-refractivity contribution >= 4 is 12.0 Å². The van der Waals surface area contributed by atoms with Gasteiger partial charge in [0.25, 0.3) is 0 Å². The summed E-state index contributed by atoms with van der Waals surface area (Å²) in [5, 5.41) is 0. The van der Waals surface area contributed by atoms with Gasteiger partial charge >= 0.3 is 0 Å². The highest BCUT2D eigenvalue weighted by atomic mass is 16.5. The maximum atomic E-state index is 12.9. The van der Waals surface area contributed by atoms with E-state index in [0.717, 1.165) is 30.9 Å². The lowest BCUT2D eigenvalue weighted by Gasteiger charge is -2.30. The number of hydrogen-bond acceptors (Lipinski definition) is 4. The maximum absolute atomic E-state index is 12.9. The predicted molar refractivity (Wildman–Crippen MR) is 110 cm³/mol. The van der Waals surface area contributed by atoms with Gasteiger partial charge in [-0.3, -0.25) is 4.79 Å². The molecule has 1 aromatic carbocycles. The summed E-state index contributed by atoms with van der Waals surface area (Å²) in [6.45, 7) is 2.49. The van der Waals surface area contributed by atoms with Crippen molar-refractivity contribution in [3.63, 3.8) is 0 Å². The van der Waals surface area contributed by atoms with Gasteiger partial charge in [0, 0.05) is 37.3 Å². The third-order valence-electron chi connectivity index (χ3n) is 5.18. The Morgan fingerprint density at radius 3 is 2.48 bits per heavy atom. The SMILES string of the molecule is COc1ccc(C=CC(=O)N(CCN(C)C)CC2CCCCC2)c(OC)c1. The zero-order chi connectivity index (χ0) is 19.6. The third kappa shape index (κ3) is 6.90. The van der Waals surface area contributed by atoms with Crippen LogP contribution in [0.4, 0.5) is 0 Å². The molecule has 0 atom stereocenters. The van der Waals surface area contributed by atoms with Gasteiger partial charge in [0.15, 0.2) is 0 Å². The van der Waals surface area contributed by atoms with Gasteiger partial charge in [0.2, 0.25) is 5.91 Å². The van der Waals surface area contributed by atoms with Crippen LogP contribution in [-0.2, 0) is 4.79 Å².